The predicted molar refractivity (Wildman–Crippen MR) is 110 cm³/mol. The van der Waals surface area contributed by atoms with E-state index < -0.39 is 6.09 Å². The Balaban J connectivity index is 1.60. The summed E-state index contributed by atoms with van der Waals surface area (Å²) >= 11 is 0. The van der Waals surface area contributed by atoms with Gasteiger partial charge in [-0.2, -0.15) is 5.10 Å². The molecule has 1 atom stereocenters. The van der Waals surface area contributed by atoms with Crippen molar-refractivity contribution in [3.8, 4) is 11.1 Å². The van der Waals surface area contributed by atoms with Gasteiger partial charge in [-0.05, 0) is 42.5 Å². The van der Waals surface area contributed by atoms with Crippen molar-refractivity contribution in [2.24, 2.45) is 0 Å². The molecule has 1 aliphatic heterocycles. The molecule has 4 rings (SSSR count). The fraction of sp³-hybridized carbons (Fsp3) is 0.227. The summed E-state index contributed by atoms with van der Waals surface area (Å²) in [4.78, 5) is 24.1. The monoisotopic (exact) mass is 390 g/mol. The number of nitrogens with zero attached hydrogens (tertiary/aromatic N) is 1. The van der Waals surface area contributed by atoms with Gasteiger partial charge in [0.2, 0.25) is 0 Å². The summed E-state index contributed by atoms with van der Waals surface area (Å²) in [5, 5.41) is 21.6. The van der Waals surface area contributed by atoms with E-state index in [-0.39, 0.29) is 18.5 Å². The third-order valence-corrected chi connectivity index (χ3v) is 5.12. The molecule has 2 amide bonds. The molecule has 0 saturated heterocycles. The van der Waals surface area contributed by atoms with E-state index in [4.69, 9.17) is 5.11 Å². The summed E-state index contributed by atoms with van der Waals surface area (Å²) < 4.78 is 0. The van der Waals surface area contributed by atoms with E-state index >= 15 is 0 Å². The standard InChI is InChI=1S/C22H22N4O3/c27-21(25-16(13-23-22(28)29)10-14-6-2-1-3-7-14)18-11-15-12-24-26-19-9-5-4-8-17(18)20(15)19/h1-3,5-7,9,11-12,16,23,26H,4,8,10,13H2,(H,25,27)(H,28,29)/t16-/m0/s1. The molecule has 7 nitrogen and oxygen atoms in total. The third kappa shape index (κ3) is 4.13. The topological polar surface area (TPSA) is 107 Å². The summed E-state index contributed by atoms with van der Waals surface area (Å²) in [5.41, 5.74) is 5.51. The molecule has 0 bridgehead atoms. The van der Waals surface area contributed by atoms with Crippen molar-refractivity contribution in [2.75, 3.05) is 6.54 Å². The molecule has 1 heterocycles. The van der Waals surface area contributed by atoms with Crippen molar-refractivity contribution in [2.45, 2.75) is 25.3 Å². The van der Waals surface area contributed by atoms with Gasteiger partial charge >= 0.3 is 6.09 Å². The predicted octanol–water partition coefficient (Wildman–Crippen LogP) is 3.08. The number of aromatic amines is 1. The maximum Gasteiger partial charge on any atom is 0.404 e. The first kappa shape index (κ1) is 18.7. The van der Waals surface area contributed by atoms with Crippen LogP contribution in [-0.4, -0.2) is 39.9 Å². The fourth-order valence-corrected chi connectivity index (χ4v) is 3.83. The average Bonchev–Trinajstić information content (AvgIpc) is 2.95. The Morgan fingerprint density at radius 1 is 1.24 bits per heavy atom. The third-order valence-electron chi connectivity index (χ3n) is 5.12. The Kier molecular flexibility index (Phi) is 5.29. The van der Waals surface area contributed by atoms with Crippen LogP contribution < -0.4 is 10.6 Å². The van der Waals surface area contributed by atoms with Crippen LogP contribution in [0.1, 0.15) is 33.6 Å². The lowest BCUT2D eigenvalue weighted by Crippen LogP contribution is -2.44. The second-order valence-corrected chi connectivity index (χ2v) is 7.14. The molecule has 7 heteroatoms. The summed E-state index contributed by atoms with van der Waals surface area (Å²) in [6.07, 6.45) is 6.84. The first-order valence-electron chi connectivity index (χ1n) is 9.59. The van der Waals surface area contributed by atoms with E-state index in [0.717, 1.165) is 40.8 Å². The number of H-pyrrole nitrogens is 1. The van der Waals surface area contributed by atoms with Crippen LogP contribution in [0, 0.1) is 0 Å². The Morgan fingerprint density at radius 2 is 2.07 bits per heavy atom. The number of allylic oxidation sites excluding steroid dienone is 1. The first-order valence-corrected chi connectivity index (χ1v) is 9.59. The molecule has 0 saturated carbocycles. The number of rotatable bonds is 6. The highest BCUT2D eigenvalue weighted by Gasteiger charge is 2.25. The number of amides is 2. The first-order chi connectivity index (χ1) is 14.1. The SMILES string of the molecule is O=C(O)NC[C@H](Cc1ccccc1)NC(=O)c1cc2cn[nH]c3c-2c1CCC=C3. The second-order valence-electron chi connectivity index (χ2n) is 7.14. The zero-order chi connectivity index (χ0) is 20.2. The van der Waals surface area contributed by atoms with Crippen molar-refractivity contribution in [3.05, 3.63) is 71.1 Å². The van der Waals surface area contributed by atoms with Gasteiger partial charge < -0.3 is 15.7 Å². The van der Waals surface area contributed by atoms with Crippen LogP contribution in [0.15, 0.2) is 48.7 Å². The molecule has 1 aromatic rings. The lowest BCUT2D eigenvalue weighted by atomic mass is 10.0. The highest BCUT2D eigenvalue weighted by Crippen LogP contribution is 2.36. The van der Waals surface area contributed by atoms with E-state index in [9.17, 15) is 9.59 Å². The van der Waals surface area contributed by atoms with Gasteiger partial charge in [0.25, 0.3) is 5.91 Å². The number of benzene rings is 1. The zero-order valence-electron chi connectivity index (χ0n) is 15.8. The number of aromatic nitrogens is 2. The van der Waals surface area contributed by atoms with Crippen molar-refractivity contribution in [1.29, 1.82) is 0 Å². The van der Waals surface area contributed by atoms with E-state index in [0.29, 0.717) is 12.0 Å². The van der Waals surface area contributed by atoms with Crippen molar-refractivity contribution in [1.82, 2.24) is 20.8 Å². The van der Waals surface area contributed by atoms with Gasteiger partial charge in [0.15, 0.2) is 0 Å². The van der Waals surface area contributed by atoms with E-state index in [1.807, 2.05) is 42.5 Å². The smallest absolute Gasteiger partial charge is 0.404 e. The average molecular weight is 390 g/mol. The quantitative estimate of drug-likeness (QED) is 0.519. The van der Waals surface area contributed by atoms with Crippen molar-refractivity contribution in [3.63, 3.8) is 0 Å². The summed E-state index contributed by atoms with van der Waals surface area (Å²) in [5.74, 6) is -0.197. The molecular formula is C22H22N4O3. The van der Waals surface area contributed by atoms with Gasteiger partial charge in [-0.15, -0.1) is 0 Å². The van der Waals surface area contributed by atoms with Gasteiger partial charge in [-0.1, -0.05) is 36.4 Å². The molecule has 2 aliphatic carbocycles. The van der Waals surface area contributed by atoms with Crippen LogP contribution in [0.2, 0.25) is 0 Å². The molecule has 148 valence electrons. The van der Waals surface area contributed by atoms with Crippen molar-refractivity contribution < 1.29 is 14.7 Å². The zero-order valence-corrected chi connectivity index (χ0v) is 15.8. The van der Waals surface area contributed by atoms with Gasteiger partial charge in [0.05, 0.1) is 17.9 Å². The maximum atomic E-state index is 13.1. The summed E-state index contributed by atoms with van der Waals surface area (Å²) in [6, 6.07) is 11.2. The minimum Gasteiger partial charge on any atom is -0.465 e. The molecule has 0 radical (unpaired) electrons. The molecule has 0 aromatic heterocycles. The minimum absolute atomic E-state index is 0.133. The van der Waals surface area contributed by atoms with E-state index in [1.165, 1.54) is 0 Å². The number of carbonyl (C=O) groups excluding carboxylic acids is 1. The van der Waals surface area contributed by atoms with E-state index in [1.54, 1.807) is 6.20 Å². The van der Waals surface area contributed by atoms with Gasteiger partial charge in [0, 0.05) is 23.2 Å². The Bertz CT molecular complexity index is 1030. The van der Waals surface area contributed by atoms with Crippen LogP contribution in [0.4, 0.5) is 4.79 Å². The highest BCUT2D eigenvalue weighted by molar-refractivity contribution is 6.01. The largest absolute Gasteiger partial charge is 0.465 e. The van der Waals surface area contributed by atoms with Crippen molar-refractivity contribution >= 4 is 18.1 Å². The van der Waals surface area contributed by atoms with Crippen LogP contribution in [-0.2, 0) is 12.8 Å². The molecule has 0 unspecified atom stereocenters. The summed E-state index contributed by atoms with van der Waals surface area (Å²) in [7, 11) is 0. The Hall–Kier alpha value is -3.61. The van der Waals surface area contributed by atoms with Gasteiger partial charge in [0.1, 0.15) is 0 Å². The number of carbonyl (C=O) groups is 2. The van der Waals surface area contributed by atoms with Crippen LogP contribution in [0.5, 0.6) is 0 Å². The lowest BCUT2D eigenvalue weighted by Gasteiger charge is -2.19. The molecule has 1 aromatic carbocycles. The molecule has 29 heavy (non-hydrogen) atoms. The van der Waals surface area contributed by atoms with Gasteiger partial charge in [-0.25, -0.2) is 4.79 Å². The van der Waals surface area contributed by atoms with E-state index in [2.05, 4.69) is 26.9 Å². The molecule has 3 aliphatic rings. The molecule has 4 N–H and O–H groups in total. The normalized spacial score (nSPS) is 13.7. The van der Waals surface area contributed by atoms with Crippen LogP contribution in [0.3, 0.4) is 0 Å². The van der Waals surface area contributed by atoms with Crippen LogP contribution in [0.25, 0.3) is 17.2 Å². The summed E-state index contributed by atoms with van der Waals surface area (Å²) in [6.45, 7) is 0.133. The molecule has 0 fully saturated rings. The minimum atomic E-state index is -1.11. The lowest BCUT2D eigenvalue weighted by molar-refractivity contribution is 0.0934. The fourth-order valence-electron chi connectivity index (χ4n) is 3.83. The van der Waals surface area contributed by atoms with Gasteiger partial charge in [-0.3, -0.25) is 9.89 Å². The number of hydrogen-bond donors (Lipinski definition) is 4. The van der Waals surface area contributed by atoms with Crippen LogP contribution >= 0.6 is 0 Å². The number of nitrogens with one attached hydrogen (secondary N) is 3. The number of hydrogen-bond acceptors (Lipinski definition) is 3. The molecular weight excluding hydrogens is 368 g/mol. The second kappa shape index (κ2) is 8.18. The highest BCUT2D eigenvalue weighted by atomic mass is 16.4. The number of carboxylic acid groups (broad SMARTS) is 1. The Morgan fingerprint density at radius 3 is 2.86 bits per heavy atom. The molecule has 0 spiro atoms. The Labute approximate surface area is 168 Å². The maximum absolute atomic E-state index is 13.1.